The first-order chi connectivity index (χ1) is 11.0. The van der Waals surface area contributed by atoms with E-state index in [1.54, 1.807) is 18.7 Å². The number of hydrogen-bond donors (Lipinski definition) is 0. The lowest BCUT2D eigenvalue weighted by atomic mass is 9.97. The number of carbonyl (C=O) groups excluding carboxylic acids is 2. The molecule has 1 aliphatic heterocycles. The zero-order chi connectivity index (χ0) is 16.8. The van der Waals surface area contributed by atoms with Gasteiger partial charge in [-0.1, -0.05) is 17.7 Å². The first kappa shape index (κ1) is 17.3. The van der Waals surface area contributed by atoms with Gasteiger partial charge in [-0.2, -0.15) is 0 Å². The van der Waals surface area contributed by atoms with Gasteiger partial charge in [-0.15, -0.1) is 0 Å². The molecule has 126 valence electrons. The Labute approximate surface area is 137 Å². The van der Waals surface area contributed by atoms with Crippen molar-refractivity contribution in [2.45, 2.75) is 39.7 Å². The summed E-state index contributed by atoms with van der Waals surface area (Å²) in [5.74, 6) is 0.418. The second-order valence-corrected chi connectivity index (χ2v) is 5.92. The molecule has 0 unspecified atom stereocenters. The molecule has 1 fully saturated rings. The Morgan fingerprint density at radius 3 is 2.39 bits per heavy atom. The highest BCUT2D eigenvalue weighted by atomic mass is 16.5. The number of piperidine rings is 1. The van der Waals surface area contributed by atoms with Crippen LogP contribution in [0.3, 0.4) is 0 Å². The molecule has 5 heteroatoms. The number of aryl methyl sites for hydroxylation is 1. The van der Waals surface area contributed by atoms with Crippen LogP contribution < -0.4 is 4.74 Å². The molecule has 0 aliphatic carbocycles. The molecule has 0 radical (unpaired) electrons. The van der Waals surface area contributed by atoms with Gasteiger partial charge >= 0.3 is 5.97 Å². The predicted octanol–water partition coefficient (Wildman–Crippen LogP) is 2.56. The lowest BCUT2D eigenvalue weighted by Gasteiger charge is -2.32. The van der Waals surface area contributed by atoms with Crippen LogP contribution in [0.15, 0.2) is 24.3 Å². The zero-order valence-electron chi connectivity index (χ0n) is 14.1. The monoisotopic (exact) mass is 319 g/mol. The maximum Gasteiger partial charge on any atom is 0.309 e. The Hall–Kier alpha value is -2.04. The Kier molecular flexibility index (Phi) is 6.02. The summed E-state index contributed by atoms with van der Waals surface area (Å²) in [6, 6.07) is 7.65. The van der Waals surface area contributed by atoms with Gasteiger partial charge in [0.25, 0.3) is 5.91 Å². The quantitative estimate of drug-likeness (QED) is 0.783. The average Bonchev–Trinajstić information content (AvgIpc) is 2.56. The van der Waals surface area contributed by atoms with E-state index < -0.39 is 6.10 Å². The minimum Gasteiger partial charge on any atom is -0.481 e. The number of esters is 1. The molecule has 1 heterocycles. The molecular formula is C18H25NO4. The standard InChI is InChI=1S/C18H25NO4/c1-4-22-18(21)15-9-11-19(12-10-15)17(20)14(3)23-16-7-5-13(2)6-8-16/h5-8,14-15H,4,9-12H2,1-3H3/t14-/m1/s1. The van der Waals surface area contributed by atoms with E-state index in [2.05, 4.69) is 0 Å². The van der Waals surface area contributed by atoms with Gasteiger partial charge in [0.1, 0.15) is 5.75 Å². The number of nitrogens with zero attached hydrogens (tertiary/aromatic N) is 1. The van der Waals surface area contributed by atoms with Crippen LogP contribution in [0.1, 0.15) is 32.3 Å². The molecule has 23 heavy (non-hydrogen) atoms. The number of carbonyl (C=O) groups is 2. The predicted molar refractivity (Wildman–Crippen MR) is 87.2 cm³/mol. The van der Waals surface area contributed by atoms with Gasteiger partial charge in [-0.25, -0.2) is 0 Å². The minimum atomic E-state index is -0.531. The van der Waals surface area contributed by atoms with Gasteiger partial charge in [-0.05, 0) is 45.7 Å². The third kappa shape index (κ3) is 4.71. The van der Waals surface area contributed by atoms with Crippen LogP contribution in [0, 0.1) is 12.8 Å². The van der Waals surface area contributed by atoms with E-state index in [-0.39, 0.29) is 17.8 Å². The van der Waals surface area contributed by atoms with E-state index in [0.717, 1.165) is 5.56 Å². The molecule has 1 aromatic rings. The van der Waals surface area contributed by atoms with Gasteiger partial charge in [0, 0.05) is 13.1 Å². The summed E-state index contributed by atoms with van der Waals surface area (Å²) in [6.07, 6.45) is 0.778. The van der Waals surface area contributed by atoms with Crippen molar-refractivity contribution in [3.05, 3.63) is 29.8 Å². The summed E-state index contributed by atoms with van der Waals surface area (Å²) in [6.45, 7) is 7.12. The van der Waals surface area contributed by atoms with Crippen molar-refractivity contribution in [2.75, 3.05) is 19.7 Å². The van der Waals surface area contributed by atoms with Crippen LogP contribution in [0.25, 0.3) is 0 Å². The fourth-order valence-electron chi connectivity index (χ4n) is 2.72. The molecule has 1 aliphatic rings. The summed E-state index contributed by atoms with van der Waals surface area (Å²) in [4.78, 5) is 26.0. The fourth-order valence-corrected chi connectivity index (χ4v) is 2.72. The van der Waals surface area contributed by atoms with E-state index in [1.807, 2.05) is 31.2 Å². The summed E-state index contributed by atoms with van der Waals surface area (Å²) >= 11 is 0. The highest BCUT2D eigenvalue weighted by Crippen LogP contribution is 2.20. The van der Waals surface area contributed by atoms with Crippen molar-refractivity contribution in [2.24, 2.45) is 5.92 Å². The lowest BCUT2D eigenvalue weighted by molar-refractivity contribution is -0.152. The number of hydrogen-bond acceptors (Lipinski definition) is 4. The van der Waals surface area contributed by atoms with Gasteiger partial charge in [0.2, 0.25) is 0 Å². The largest absolute Gasteiger partial charge is 0.481 e. The van der Waals surface area contributed by atoms with Crippen molar-refractivity contribution < 1.29 is 19.1 Å². The van der Waals surface area contributed by atoms with Crippen molar-refractivity contribution >= 4 is 11.9 Å². The van der Waals surface area contributed by atoms with Crippen molar-refractivity contribution in [1.29, 1.82) is 0 Å². The SMILES string of the molecule is CCOC(=O)C1CCN(C(=O)[C@@H](C)Oc2ccc(C)cc2)CC1. The molecule has 1 atom stereocenters. The van der Waals surface area contributed by atoms with E-state index in [9.17, 15) is 9.59 Å². The Bertz CT molecular complexity index is 532. The van der Waals surface area contributed by atoms with Crippen LogP contribution in [0.2, 0.25) is 0 Å². The molecule has 0 aromatic heterocycles. The second-order valence-electron chi connectivity index (χ2n) is 5.92. The maximum atomic E-state index is 12.5. The Morgan fingerprint density at radius 1 is 1.22 bits per heavy atom. The van der Waals surface area contributed by atoms with Crippen LogP contribution in [-0.2, 0) is 14.3 Å². The minimum absolute atomic E-state index is 0.0344. The average molecular weight is 319 g/mol. The third-order valence-electron chi connectivity index (χ3n) is 4.11. The van der Waals surface area contributed by atoms with Gasteiger partial charge in [0.05, 0.1) is 12.5 Å². The summed E-state index contributed by atoms with van der Waals surface area (Å²) in [5.41, 5.74) is 1.15. The first-order valence-corrected chi connectivity index (χ1v) is 8.20. The lowest BCUT2D eigenvalue weighted by Crippen LogP contribution is -2.45. The van der Waals surface area contributed by atoms with Gasteiger partial charge in [-0.3, -0.25) is 9.59 Å². The van der Waals surface area contributed by atoms with Crippen LogP contribution >= 0.6 is 0 Å². The maximum absolute atomic E-state index is 12.5. The molecule has 2 rings (SSSR count). The van der Waals surface area contributed by atoms with E-state index in [1.165, 1.54) is 0 Å². The first-order valence-electron chi connectivity index (χ1n) is 8.20. The molecule has 5 nitrogen and oxygen atoms in total. The molecule has 0 N–H and O–H groups in total. The number of amides is 1. The van der Waals surface area contributed by atoms with E-state index >= 15 is 0 Å². The Balaban J connectivity index is 1.84. The molecule has 1 aromatic carbocycles. The normalized spacial score (nSPS) is 16.7. The molecule has 0 spiro atoms. The smallest absolute Gasteiger partial charge is 0.309 e. The summed E-state index contributed by atoms with van der Waals surface area (Å²) < 4.78 is 10.8. The number of ether oxygens (including phenoxy) is 2. The van der Waals surface area contributed by atoms with E-state index in [0.29, 0.717) is 38.3 Å². The second kappa shape index (κ2) is 7.99. The highest BCUT2D eigenvalue weighted by molar-refractivity contribution is 5.81. The van der Waals surface area contributed by atoms with E-state index in [4.69, 9.17) is 9.47 Å². The molecule has 1 amide bonds. The molecule has 0 bridgehead atoms. The number of rotatable bonds is 5. The molecular weight excluding hydrogens is 294 g/mol. The van der Waals surface area contributed by atoms with Crippen LogP contribution in [-0.4, -0.2) is 42.6 Å². The van der Waals surface area contributed by atoms with Crippen LogP contribution in [0.5, 0.6) is 5.75 Å². The topological polar surface area (TPSA) is 55.8 Å². The zero-order valence-corrected chi connectivity index (χ0v) is 14.1. The van der Waals surface area contributed by atoms with Crippen molar-refractivity contribution in [3.63, 3.8) is 0 Å². The third-order valence-corrected chi connectivity index (χ3v) is 4.11. The number of benzene rings is 1. The van der Waals surface area contributed by atoms with Crippen LogP contribution in [0.4, 0.5) is 0 Å². The van der Waals surface area contributed by atoms with Crippen molar-refractivity contribution in [1.82, 2.24) is 4.90 Å². The van der Waals surface area contributed by atoms with Crippen molar-refractivity contribution in [3.8, 4) is 5.75 Å². The fraction of sp³-hybridized carbons (Fsp3) is 0.556. The highest BCUT2D eigenvalue weighted by Gasteiger charge is 2.30. The van der Waals surface area contributed by atoms with Gasteiger partial charge in [0.15, 0.2) is 6.10 Å². The summed E-state index contributed by atoms with van der Waals surface area (Å²) in [7, 11) is 0. The molecule has 0 saturated carbocycles. The number of likely N-dealkylation sites (tertiary alicyclic amines) is 1. The summed E-state index contributed by atoms with van der Waals surface area (Å²) in [5, 5.41) is 0. The molecule has 1 saturated heterocycles. The Morgan fingerprint density at radius 2 is 1.83 bits per heavy atom. The van der Waals surface area contributed by atoms with Gasteiger partial charge < -0.3 is 14.4 Å².